The highest BCUT2D eigenvalue weighted by atomic mass is 16.1. The lowest BCUT2D eigenvalue weighted by atomic mass is 9.70. The summed E-state index contributed by atoms with van der Waals surface area (Å²) in [5.74, 6) is 2.15. The molecule has 1 aromatic carbocycles. The SMILES string of the molecule is CC.CC(C)[C@@H]1CC[C@@H](C)C[C@H]1C(=O)Nc1ccccc1. The summed E-state index contributed by atoms with van der Waals surface area (Å²) in [5, 5.41) is 3.08. The summed E-state index contributed by atoms with van der Waals surface area (Å²) in [6, 6.07) is 9.79. The third-order valence-electron chi connectivity index (χ3n) is 4.40. The molecule has 118 valence electrons. The molecule has 0 aromatic heterocycles. The van der Waals surface area contributed by atoms with Crippen LogP contribution in [0.4, 0.5) is 5.69 Å². The summed E-state index contributed by atoms with van der Waals surface area (Å²) in [7, 11) is 0. The minimum atomic E-state index is 0.170. The Morgan fingerprint density at radius 3 is 2.33 bits per heavy atom. The van der Waals surface area contributed by atoms with Gasteiger partial charge in [-0.1, -0.05) is 59.2 Å². The van der Waals surface area contributed by atoms with Gasteiger partial charge in [-0.2, -0.15) is 0 Å². The van der Waals surface area contributed by atoms with E-state index in [-0.39, 0.29) is 11.8 Å². The van der Waals surface area contributed by atoms with E-state index in [2.05, 4.69) is 26.1 Å². The molecule has 0 bridgehead atoms. The average Bonchev–Trinajstić information content (AvgIpc) is 2.50. The first-order valence-electron chi connectivity index (χ1n) is 8.44. The van der Waals surface area contributed by atoms with E-state index in [0.717, 1.165) is 12.1 Å². The van der Waals surface area contributed by atoms with Crippen LogP contribution in [-0.4, -0.2) is 5.91 Å². The molecular formula is C19H31NO. The number of hydrogen-bond acceptors (Lipinski definition) is 1. The van der Waals surface area contributed by atoms with Gasteiger partial charge in [-0.25, -0.2) is 0 Å². The number of benzene rings is 1. The largest absolute Gasteiger partial charge is 0.326 e. The molecule has 1 saturated carbocycles. The molecule has 0 saturated heterocycles. The van der Waals surface area contributed by atoms with Crippen LogP contribution in [0, 0.1) is 23.7 Å². The molecule has 0 radical (unpaired) electrons. The highest BCUT2D eigenvalue weighted by Crippen LogP contribution is 2.38. The quantitative estimate of drug-likeness (QED) is 0.797. The van der Waals surface area contributed by atoms with E-state index in [1.165, 1.54) is 12.8 Å². The van der Waals surface area contributed by atoms with Gasteiger partial charge in [0.1, 0.15) is 0 Å². The van der Waals surface area contributed by atoms with Crippen molar-refractivity contribution in [1.29, 1.82) is 0 Å². The molecule has 2 nitrogen and oxygen atoms in total. The van der Waals surface area contributed by atoms with Crippen LogP contribution < -0.4 is 5.32 Å². The molecule has 2 rings (SSSR count). The Morgan fingerprint density at radius 2 is 1.76 bits per heavy atom. The predicted molar refractivity (Wildman–Crippen MR) is 91.3 cm³/mol. The smallest absolute Gasteiger partial charge is 0.227 e. The predicted octanol–water partition coefficient (Wildman–Crippen LogP) is 5.36. The second-order valence-corrected chi connectivity index (χ2v) is 6.29. The van der Waals surface area contributed by atoms with Gasteiger partial charge in [-0.05, 0) is 42.7 Å². The lowest BCUT2D eigenvalue weighted by Gasteiger charge is -2.36. The maximum atomic E-state index is 12.5. The van der Waals surface area contributed by atoms with Crippen molar-refractivity contribution in [3.05, 3.63) is 30.3 Å². The number of carbonyl (C=O) groups is 1. The van der Waals surface area contributed by atoms with Crippen molar-refractivity contribution < 1.29 is 4.79 Å². The molecular weight excluding hydrogens is 258 g/mol. The fourth-order valence-electron chi connectivity index (χ4n) is 3.26. The molecule has 1 aliphatic rings. The number of amides is 1. The van der Waals surface area contributed by atoms with E-state index in [1.54, 1.807) is 0 Å². The summed E-state index contributed by atoms with van der Waals surface area (Å²) < 4.78 is 0. The standard InChI is InChI=1S/C17H25NO.C2H6/c1-12(2)15-10-9-13(3)11-16(15)17(19)18-14-7-5-4-6-8-14;1-2/h4-8,12-13,15-16H,9-11H2,1-3H3,(H,18,19);1-2H3/t13-,15+,16-;/m1./s1. The van der Waals surface area contributed by atoms with E-state index >= 15 is 0 Å². The third kappa shape index (κ3) is 5.18. The fourth-order valence-corrected chi connectivity index (χ4v) is 3.26. The Hall–Kier alpha value is -1.31. The van der Waals surface area contributed by atoms with Crippen LogP contribution in [0.15, 0.2) is 30.3 Å². The number of rotatable bonds is 3. The molecule has 1 fully saturated rings. The molecule has 21 heavy (non-hydrogen) atoms. The van der Waals surface area contributed by atoms with Gasteiger partial charge in [0, 0.05) is 11.6 Å². The number of carbonyl (C=O) groups excluding carboxylic acids is 1. The zero-order valence-corrected chi connectivity index (χ0v) is 14.2. The molecule has 0 heterocycles. The minimum Gasteiger partial charge on any atom is -0.326 e. The van der Waals surface area contributed by atoms with E-state index in [4.69, 9.17) is 0 Å². The van der Waals surface area contributed by atoms with Crippen LogP contribution in [0.5, 0.6) is 0 Å². The molecule has 1 amide bonds. The summed E-state index contributed by atoms with van der Waals surface area (Å²) in [6.45, 7) is 10.7. The zero-order chi connectivity index (χ0) is 15.8. The molecule has 3 atom stereocenters. The first kappa shape index (κ1) is 17.7. The van der Waals surface area contributed by atoms with Crippen LogP contribution in [0.1, 0.15) is 53.9 Å². The van der Waals surface area contributed by atoms with Gasteiger partial charge < -0.3 is 5.32 Å². The van der Waals surface area contributed by atoms with Gasteiger partial charge in [-0.3, -0.25) is 4.79 Å². The van der Waals surface area contributed by atoms with Gasteiger partial charge in [-0.15, -0.1) is 0 Å². The first-order valence-corrected chi connectivity index (χ1v) is 8.44. The second kappa shape index (κ2) is 8.86. The number of para-hydroxylation sites is 1. The molecule has 1 N–H and O–H groups in total. The summed E-state index contributed by atoms with van der Waals surface area (Å²) in [4.78, 5) is 12.5. The zero-order valence-electron chi connectivity index (χ0n) is 14.2. The molecule has 0 aliphatic heterocycles. The number of hydrogen-bond donors (Lipinski definition) is 1. The van der Waals surface area contributed by atoms with E-state index < -0.39 is 0 Å². The van der Waals surface area contributed by atoms with Crippen LogP contribution in [0.3, 0.4) is 0 Å². The second-order valence-electron chi connectivity index (χ2n) is 6.29. The third-order valence-corrected chi connectivity index (χ3v) is 4.40. The van der Waals surface area contributed by atoms with Crippen LogP contribution in [-0.2, 0) is 4.79 Å². The monoisotopic (exact) mass is 289 g/mol. The summed E-state index contributed by atoms with van der Waals surface area (Å²) in [6.07, 6.45) is 3.48. The summed E-state index contributed by atoms with van der Waals surface area (Å²) in [5.41, 5.74) is 0.910. The van der Waals surface area contributed by atoms with Crippen LogP contribution in [0.25, 0.3) is 0 Å². The first-order chi connectivity index (χ1) is 10.1. The molecule has 1 aliphatic carbocycles. The summed E-state index contributed by atoms with van der Waals surface area (Å²) >= 11 is 0. The van der Waals surface area contributed by atoms with Crippen molar-refractivity contribution >= 4 is 11.6 Å². The van der Waals surface area contributed by atoms with Crippen molar-refractivity contribution in [2.45, 2.75) is 53.9 Å². The van der Waals surface area contributed by atoms with Crippen molar-refractivity contribution in [3.8, 4) is 0 Å². The molecule has 1 aromatic rings. The average molecular weight is 289 g/mol. The Morgan fingerprint density at radius 1 is 1.14 bits per heavy atom. The van der Waals surface area contributed by atoms with Crippen molar-refractivity contribution in [3.63, 3.8) is 0 Å². The molecule has 0 spiro atoms. The lowest BCUT2D eigenvalue weighted by molar-refractivity contribution is -0.123. The van der Waals surface area contributed by atoms with Gasteiger partial charge >= 0.3 is 0 Å². The topological polar surface area (TPSA) is 29.1 Å². The molecule has 0 unspecified atom stereocenters. The minimum absolute atomic E-state index is 0.170. The Kier molecular flexibility index (Phi) is 7.49. The van der Waals surface area contributed by atoms with Gasteiger partial charge in [0.2, 0.25) is 5.91 Å². The number of anilines is 1. The lowest BCUT2D eigenvalue weighted by Crippen LogP contribution is -2.36. The maximum Gasteiger partial charge on any atom is 0.227 e. The Labute approximate surface area is 130 Å². The highest BCUT2D eigenvalue weighted by molar-refractivity contribution is 5.92. The van der Waals surface area contributed by atoms with E-state index in [0.29, 0.717) is 17.8 Å². The Balaban J connectivity index is 0.00000106. The van der Waals surface area contributed by atoms with Gasteiger partial charge in [0.15, 0.2) is 0 Å². The van der Waals surface area contributed by atoms with Crippen LogP contribution in [0.2, 0.25) is 0 Å². The normalized spacial score (nSPS) is 25.0. The van der Waals surface area contributed by atoms with Crippen LogP contribution >= 0.6 is 0 Å². The van der Waals surface area contributed by atoms with E-state index in [9.17, 15) is 4.79 Å². The van der Waals surface area contributed by atoms with Crippen molar-refractivity contribution in [1.82, 2.24) is 0 Å². The van der Waals surface area contributed by atoms with Crippen molar-refractivity contribution in [2.75, 3.05) is 5.32 Å². The highest BCUT2D eigenvalue weighted by Gasteiger charge is 2.35. The fraction of sp³-hybridized carbons (Fsp3) is 0.632. The Bertz CT molecular complexity index is 413. The van der Waals surface area contributed by atoms with Gasteiger partial charge in [0.25, 0.3) is 0 Å². The maximum absolute atomic E-state index is 12.5. The number of nitrogens with one attached hydrogen (secondary N) is 1. The molecule has 2 heteroatoms. The van der Waals surface area contributed by atoms with Crippen molar-refractivity contribution in [2.24, 2.45) is 23.7 Å². The van der Waals surface area contributed by atoms with Gasteiger partial charge in [0.05, 0.1) is 0 Å². The van der Waals surface area contributed by atoms with E-state index in [1.807, 2.05) is 44.2 Å².